The average Bonchev–Trinajstić information content (AvgIpc) is 3.36. The van der Waals surface area contributed by atoms with Gasteiger partial charge in [0, 0.05) is 17.7 Å². The maximum absolute atomic E-state index is 13.8. The van der Waals surface area contributed by atoms with Gasteiger partial charge in [-0.1, -0.05) is 64.2 Å². The molecule has 0 radical (unpaired) electrons. The number of benzene rings is 2. The highest BCUT2D eigenvalue weighted by Gasteiger charge is 2.38. The lowest BCUT2D eigenvalue weighted by Crippen LogP contribution is -2.33. The number of halogens is 1. The number of pyridine rings is 1. The smallest absolute Gasteiger partial charge is 0.296 e. The number of carbonyl (C=O) groups excluding carboxylic acids is 1. The maximum atomic E-state index is 13.8. The van der Waals surface area contributed by atoms with Crippen LogP contribution >= 0.6 is 39.9 Å². The Labute approximate surface area is 251 Å². The molecule has 1 saturated heterocycles. The molecule has 0 atom stereocenters. The van der Waals surface area contributed by atoms with E-state index in [2.05, 4.69) is 20.9 Å². The van der Waals surface area contributed by atoms with Gasteiger partial charge >= 0.3 is 0 Å². The van der Waals surface area contributed by atoms with Crippen LogP contribution in [0.25, 0.3) is 17.4 Å². The molecule has 1 aliphatic rings. The number of thioether (sulfide) groups is 1. The molecule has 41 heavy (non-hydrogen) atoms. The molecule has 0 saturated carbocycles. The molecule has 1 fully saturated rings. The minimum Gasteiger partial charge on any atom is -0.438 e. The number of fused-ring (bicyclic) bond motifs is 1. The number of hydrogen-bond donors (Lipinski definition) is 0. The van der Waals surface area contributed by atoms with E-state index in [1.165, 1.54) is 20.1 Å². The molecule has 0 spiro atoms. The van der Waals surface area contributed by atoms with E-state index in [1.54, 1.807) is 67.3 Å². The van der Waals surface area contributed by atoms with Gasteiger partial charge in [-0.05, 0) is 61.5 Å². The number of carbonyl (C=O) groups is 1. The number of amides is 1. The van der Waals surface area contributed by atoms with Crippen molar-refractivity contribution in [3.8, 4) is 17.3 Å². The van der Waals surface area contributed by atoms with Crippen LogP contribution in [0.15, 0.2) is 98.0 Å². The number of hydrogen-bond acceptors (Lipinski definition) is 7. The molecule has 0 aliphatic carbocycles. The fourth-order valence-corrected chi connectivity index (χ4v) is 6.02. The third-order valence-electron chi connectivity index (χ3n) is 6.58. The number of ether oxygens (including phenoxy) is 1. The summed E-state index contributed by atoms with van der Waals surface area (Å²) in [5.41, 5.74) is 1.01. The predicted octanol–water partition coefficient (Wildman–Crippen LogP) is 5.45. The van der Waals surface area contributed by atoms with E-state index < -0.39 is 11.5 Å². The van der Waals surface area contributed by atoms with Crippen molar-refractivity contribution in [2.75, 3.05) is 4.90 Å². The van der Waals surface area contributed by atoms with Crippen LogP contribution in [0.2, 0.25) is 0 Å². The molecule has 1 aliphatic heterocycles. The predicted molar refractivity (Wildman–Crippen MR) is 167 cm³/mol. The van der Waals surface area contributed by atoms with Crippen LogP contribution in [-0.4, -0.2) is 29.0 Å². The molecule has 5 aromatic rings. The lowest BCUT2D eigenvalue weighted by Gasteiger charge is -2.12. The highest BCUT2D eigenvalue weighted by Crippen LogP contribution is 2.37. The zero-order valence-corrected chi connectivity index (χ0v) is 24.9. The standard InChI is InChI=1S/C29H20BrN5O4S2/c1-17-24(28(38)35(32(17)2)19-8-4-3-5-9-19)34-27(37)22(41-29(34)40)16-21-25(39-20-13-11-18(30)12-14-20)31-23-10-6-7-15-33(23)26(21)36/h3-16H,1-2H3/b22-16+. The first kappa shape index (κ1) is 26.9. The van der Waals surface area contributed by atoms with Gasteiger partial charge in [-0.2, -0.15) is 4.98 Å². The summed E-state index contributed by atoms with van der Waals surface area (Å²) in [6.07, 6.45) is 3.02. The Morgan fingerprint density at radius 3 is 2.39 bits per heavy atom. The first-order chi connectivity index (χ1) is 19.7. The zero-order chi connectivity index (χ0) is 28.8. The topological polar surface area (TPSA) is 90.8 Å². The van der Waals surface area contributed by atoms with Crippen molar-refractivity contribution >= 4 is 67.5 Å². The van der Waals surface area contributed by atoms with Crippen molar-refractivity contribution in [3.63, 3.8) is 0 Å². The summed E-state index contributed by atoms with van der Waals surface area (Å²) in [5.74, 6) is -0.0155. The average molecular weight is 647 g/mol. The fourth-order valence-electron chi connectivity index (χ4n) is 4.50. The molecule has 6 rings (SSSR count). The van der Waals surface area contributed by atoms with Gasteiger partial charge in [-0.3, -0.25) is 28.4 Å². The maximum Gasteiger partial charge on any atom is 0.296 e. The lowest BCUT2D eigenvalue weighted by molar-refractivity contribution is -0.113. The second-order valence-corrected chi connectivity index (χ2v) is 11.6. The Hall–Kier alpha value is -4.26. The largest absolute Gasteiger partial charge is 0.438 e. The van der Waals surface area contributed by atoms with Gasteiger partial charge in [0.15, 0.2) is 4.32 Å². The minimum atomic E-state index is -0.516. The van der Waals surface area contributed by atoms with Crippen LogP contribution in [0, 0.1) is 6.92 Å². The van der Waals surface area contributed by atoms with E-state index in [4.69, 9.17) is 17.0 Å². The highest BCUT2D eigenvalue weighted by molar-refractivity contribution is 9.10. The van der Waals surface area contributed by atoms with Crippen molar-refractivity contribution in [1.82, 2.24) is 18.7 Å². The van der Waals surface area contributed by atoms with Crippen LogP contribution < -0.4 is 20.8 Å². The van der Waals surface area contributed by atoms with E-state index in [0.29, 0.717) is 22.8 Å². The summed E-state index contributed by atoms with van der Waals surface area (Å²) in [7, 11) is 1.74. The molecule has 0 bridgehead atoms. The van der Waals surface area contributed by atoms with Crippen LogP contribution in [0.1, 0.15) is 11.3 Å². The second-order valence-electron chi connectivity index (χ2n) is 9.05. The first-order valence-corrected chi connectivity index (χ1v) is 14.3. The Morgan fingerprint density at radius 2 is 1.66 bits per heavy atom. The van der Waals surface area contributed by atoms with Gasteiger partial charge in [0.1, 0.15) is 22.6 Å². The number of rotatable bonds is 5. The van der Waals surface area contributed by atoms with Crippen molar-refractivity contribution < 1.29 is 9.53 Å². The molecule has 9 nitrogen and oxygen atoms in total. The summed E-state index contributed by atoms with van der Waals surface area (Å²) in [6.45, 7) is 1.75. The zero-order valence-electron chi connectivity index (χ0n) is 21.6. The van der Waals surface area contributed by atoms with Crippen molar-refractivity contribution in [3.05, 3.63) is 120 Å². The summed E-state index contributed by atoms with van der Waals surface area (Å²) in [5, 5.41) is 0. The second kappa shape index (κ2) is 10.6. The Kier molecular flexibility index (Phi) is 6.98. The molecule has 204 valence electrons. The fraction of sp³-hybridized carbons (Fsp3) is 0.0690. The number of anilines is 1. The number of thiocarbonyl (C=S) groups is 1. The summed E-state index contributed by atoms with van der Waals surface area (Å²) >= 11 is 9.98. The van der Waals surface area contributed by atoms with Gasteiger partial charge < -0.3 is 4.74 Å². The summed E-state index contributed by atoms with van der Waals surface area (Å²) in [6, 6.07) is 21.4. The minimum absolute atomic E-state index is 0.0381. The lowest BCUT2D eigenvalue weighted by atomic mass is 10.2. The Morgan fingerprint density at radius 1 is 0.951 bits per heavy atom. The molecule has 0 N–H and O–H groups in total. The molecule has 3 aromatic heterocycles. The van der Waals surface area contributed by atoms with Gasteiger partial charge in [0.05, 0.1) is 16.3 Å². The summed E-state index contributed by atoms with van der Waals surface area (Å²) < 4.78 is 11.6. The van der Waals surface area contributed by atoms with Gasteiger partial charge in [0.25, 0.3) is 17.0 Å². The van der Waals surface area contributed by atoms with Crippen molar-refractivity contribution in [1.29, 1.82) is 0 Å². The van der Waals surface area contributed by atoms with Crippen LogP contribution in [0.5, 0.6) is 11.6 Å². The molecular formula is C29H20BrN5O4S2. The van der Waals surface area contributed by atoms with E-state index in [-0.39, 0.29) is 31.9 Å². The van der Waals surface area contributed by atoms with Gasteiger partial charge in [-0.25, -0.2) is 4.68 Å². The van der Waals surface area contributed by atoms with Crippen LogP contribution in [-0.2, 0) is 11.8 Å². The molecule has 12 heteroatoms. The third kappa shape index (κ3) is 4.73. The third-order valence-corrected chi connectivity index (χ3v) is 8.41. The van der Waals surface area contributed by atoms with E-state index in [1.807, 2.05) is 30.3 Å². The number of nitrogens with zero attached hydrogens (tertiary/aromatic N) is 5. The molecule has 0 unspecified atom stereocenters. The SMILES string of the molecule is Cc1c(N2C(=O)/C(=C\c3c(Oc4ccc(Br)cc4)nc4ccccn4c3=O)SC2=S)c(=O)n(-c2ccccc2)n1C. The molecular weight excluding hydrogens is 626 g/mol. The quantitative estimate of drug-likeness (QED) is 0.185. The van der Waals surface area contributed by atoms with Gasteiger partial charge in [0.2, 0.25) is 5.88 Å². The van der Waals surface area contributed by atoms with Crippen LogP contribution in [0.3, 0.4) is 0 Å². The Bertz CT molecular complexity index is 2010. The highest BCUT2D eigenvalue weighted by atomic mass is 79.9. The molecule has 4 heterocycles. The van der Waals surface area contributed by atoms with E-state index in [0.717, 1.165) is 16.2 Å². The monoisotopic (exact) mass is 645 g/mol. The van der Waals surface area contributed by atoms with Gasteiger partial charge in [-0.15, -0.1) is 0 Å². The number of para-hydroxylation sites is 1. The summed E-state index contributed by atoms with van der Waals surface area (Å²) in [4.78, 5) is 46.9. The van der Waals surface area contributed by atoms with E-state index >= 15 is 0 Å². The molecule has 2 aromatic carbocycles. The molecule has 1 amide bonds. The Balaban J connectivity index is 1.46. The van der Waals surface area contributed by atoms with Crippen LogP contribution in [0.4, 0.5) is 5.69 Å². The number of aromatic nitrogens is 4. The van der Waals surface area contributed by atoms with E-state index in [9.17, 15) is 14.4 Å². The van der Waals surface area contributed by atoms with Crippen molar-refractivity contribution in [2.24, 2.45) is 7.05 Å². The van der Waals surface area contributed by atoms with Crippen molar-refractivity contribution in [2.45, 2.75) is 6.92 Å². The first-order valence-electron chi connectivity index (χ1n) is 12.3. The normalized spacial score (nSPS) is 14.4.